The highest BCUT2D eigenvalue weighted by Crippen LogP contribution is 2.43. The summed E-state index contributed by atoms with van der Waals surface area (Å²) in [7, 11) is 4.11. The van der Waals surface area contributed by atoms with Crippen LogP contribution in [0, 0.1) is 0 Å². The number of benzene rings is 1. The van der Waals surface area contributed by atoms with Crippen molar-refractivity contribution in [2.24, 2.45) is 5.73 Å². The molecule has 0 bridgehead atoms. The van der Waals surface area contributed by atoms with Gasteiger partial charge in [-0.05, 0) is 45.3 Å². The smallest absolute Gasteiger partial charge is 0.323 e. The summed E-state index contributed by atoms with van der Waals surface area (Å²) in [6.07, 6.45) is 2.56. The molecule has 4 heteroatoms. The summed E-state index contributed by atoms with van der Waals surface area (Å²) in [4.78, 5) is 13.5. The Labute approximate surface area is 114 Å². The fourth-order valence-corrected chi connectivity index (χ4v) is 3.07. The van der Waals surface area contributed by atoms with Crippen molar-refractivity contribution < 1.29 is 9.90 Å². The minimum atomic E-state index is -1.06. The summed E-state index contributed by atoms with van der Waals surface area (Å²) < 4.78 is 0. The molecule has 19 heavy (non-hydrogen) atoms. The molecule has 0 saturated heterocycles. The van der Waals surface area contributed by atoms with Crippen LogP contribution >= 0.6 is 0 Å². The normalized spacial score (nSPS) is 31.4. The van der Waals surface area contributed by atoms with E-state index >= 15 is 0 Å². The lowest BCUT2D eigenvalue weighted by molar-refractivity contribution is -0.145. The van der Waals surface area contributed by atoms with Crippen LogP contribution in [0.1, 0.15) is 31.2 Å². The summed E-state index contributed by atoms with van der Waals surface area (Å²) >= 11 is 0. The first-order valence-electron chi connectivity index (χ1n) is 6.66. The first kappa shape index (κ1) is 14.0. The second-order valence-corrected chi connectivity index (χ2v) is 5.75. The first-order chi connectivity index (χ1) is 8.91. The van der Waals surface area contributed by atoms with Crippen LogP contribution < -0.4 is 5.73 Å². The maximum absolute atomic E-state index is 11.3. The molecule has 0 radical (unpaired) electrons. The molecule has 0 spiro atoms. The van der Waals surface area contributed by atoms with Crippen LogP contribution in [0.2, 0.25) is 0 Å². The van der Waals surface area contributed by atoms with Crippen molar-refractivity contribution in [3.8, 4) is 0 Å². The van der Waals surface area contributed by atoms with E-state index in [4.69, 9.17) is 5.73 Å². The molecule has 104 valence electrons. The Morgan fingerprint density at radius 1 is 1.16 bits per heavy atom. The molecule has 1 saturated carbocycles. The van der Waals surface area contributed by atoms with Crippen molar-refractivity contribution in [2.45, 2.75) is 36.8 Å². The van der Waals surface area contributed by atoms with Crippen molar-refractivity contribution in [1.29, 1.82) is 0 Å². The number of hydrogen-bond acceptors (Lipinski definition) is 3. The average molecular weight is 262 g/mol. The lowest BCUT2D eigenvalue weighted by atomic mass is 9.69. The van der Waals surface area contributed by atoms with Gasteiger partial charge in [-0.25, -0.2) is 0 Å². The SMILES string of the molecule is CN(C)[C@]1(c2ccccc2)CC[C@@](N)(C(=O)O)CC1. The third-order valence-corrected chi connectivity index (χ3v) is 4.56. The van der Waals surface area contributed by atoms with Gasteiger partial charge in [-0.2, -0.15) is 0 Å². The van der Waals surface area contributed by atoms with E-state index in [0.717, 1.165) is 12.8 Å². The largest absolute Gasteiger partial charge is 0.480 e. The maximum atomic E-state index is 11.3. The number of rotatable bonds is 3. The minimum absolute atomic E-state index is 0.0976. The van der Waals surface area contributed by atoms with E-state index in [0.29, 0.717) is 12.8 Å². The fourth-order valence-electron chi connectivity index (χ4n) is 3.07. The molecule has 1 aliphatic carbocycles. The Kier molecular flexibility index (Phi) is 3.65. The van der Waals surface area contributed by atoms with Crippen LogP contribution in [0.25, 0.3) is 0 Å². The number of nitrogens with two attached hydrogens (primary N) is 1. The molecular weight excluding hydrogens is 240 g/mol. The van der Waals surface area contributed by atoms with Gasteiger partial charge in [0.15, 0.2) is 0 Å². The predicted molar refractivity (Wildman–Crippen MR) is 74.8 cm³/mol. The Hall–Kier alpha value is -1.39. The Bertz CT molecular complexity index is 448. The summed E-state index contributed by atoms with van der Waals surface area (Å²) in [5.74, 6) is -0.882. The highest BCUT2D eigenvalue weighted by molar-refractivity contribution is 5.78. The number of hydrogen-bond donors (Lipinski definition) is 2. The van der Waals surface area contributed by atoms with E-state index in [1.165, 1.54) is 5.56 Å². The zero-order valence-corrected chi connectivity index (χ0v) is 11.6. The molecule has 4 nitrogen and oxygen atoms in total. The Morgan fingerprint density at radius 2 is 1.68 bits per heavy atom. The van der Waals surface area contributed by atoms with Gasteiger partial charge in [0, 0.05) is 5.54 Å². The zero-order chi connectivity index (χ0) is 14.1. The summed E-state index contributed by atoms with van der Waals surface area (Å²) in [6.45, 7) is 0. The van der Waals surface area contributed by atoms with E-state index < -0.39 is 11.5 Å². The molecule has 0 unspecified atom stereocenters. The lowest BCUT2D eigenvalue weighted by Gasteiger charge is -2.47. The van der Waals surface area contributed by atoms with Crippen LogP contribution in [0.3, 0.4) is 0 Å². The number of aliphatic carboxylic acids is 1. The van der Waals surface area contributed by atoms with Gasteiger partial charge < -0.3 is 10.8 Å². The maximum Gasteiger partial charge on any atom is 0.323 e. The fraction of sp³-hybridized carbons (Fsp3) is 0.533. The Balaban J connectivity index is 2.29. The van der Waals surface area contributed by atoms with Gasteiger partial charge in [0.25, 0.3) is 0 Å². The number of carboxylic acids is 1. The van der Waals surface area contributed by atoms with Crippen molar-refractivity contribution in [3.63, 3.8) is 0 Å². The van der Waals surface area contributed by atoms with Crippen LogP contribution in [-0.2, 0) is 10.3 Å². The highest BCUT2D eigenvalue weighted by atomic mass is 16.4. The van der Waals surface area contributed by atoms with Crippen molar-refractivity contribution in [1.82, 2.24) is 4.90 Å². The van der Waals surface area contributed by atoms with Crippen LogP contribution in [-0.4, -0.2) is 35.6 Å². The molecule has 1 aromatic rings. The van der Waals surface area contributed by atoms with E-state index in [1.807, 2.05) is 18.2 Å². The van der Waals surface area contributed by atoms with Gasteiger partial charge >= 0.3 is 5.97 Å². The van der Waals surface area contributed by atoms with Crippen LogP contribution in [0.5, 0.6) is 0 Å². The van der Waals surface area contributed by atoms with Crippen LogP contribution in [0.15, 0.2) is 30.3 Å². The monoisotopic (exact) mass is 262 g/mol. The average Bonchev–Trinajstić information content (AvgIpc) is 2.40. The van der Waals surface area contributed by atoms with E-state index in [-0.39, 0.29) is 5.54 Å². The van der Waals surface area contributed by atoms with Crippen molar-refractivity contribution in [2.75, 3.05) is 14.1 Å². The second-order valence-electron chi connectivity index (χ2n) is 5.75. The van der Waals surface area contributed by atoms with E-state index in [2.05, 4.69) is 31.1 Å². The minimum Gasteiger partial charge on any atom is -0.480 e. The first-order valence-corrected chi connectivity index (χ1v) is 6.66. The van der Waals surface area contributed by atoms with Crippen molar-refractivity contribution in [3.05, 3.63) is 35.9 Å². The summed E-state index contributed by atoms with van der Waals surface area (Å²) in [5.41, 5.74) is 6.07. The zero-order valence-electron chi connectivity index (χ0n) is 11.6. The highest BCUT2D eigenvalue weighted by Gasteiger charge is 2.46. The summed E-state index contributed by atoms with van der Waals surface area (Å²) in [6, 6.07) is 10.3. The molecule has 3 N–H and O–H groups in total. The Morgan fingerprint density at radius 3 is 2.11 bits per heavy atom. The number of nitrogens with zero attached hydrogens (tertiary/aromatic N) is 1. The standard InChI is InChI=1S/C15H22N2O2/c1-17(2)15(12-6-4-3-5-7-12)10-8-14(16,9-11-15)13(18)19/h3-7H,8-11,16H2,1-2H3,(H,18,19)/t14-,15+. The van der Waals surface area contributed by atoms with Gasteiger partial charge in [0.05, 0.1) is 0 Å². The molecule has 1 aliphatic rings. The molecule has 0 heterocycles. The van der Waals surface area contributed by atoms with Gasteiger partial charge in [-0.3, -0.25) is 9.69 Å². The predicted octanol–water partition coefficient (Wildman–Crippen LogP) is 1.80. The van der Waals surface area contributed by atoms with Gasteiger partial charge in [0.1, 0.15) is 5.54 Å². The lowest BCUT2D eigenvalue weighted by Crippen LogP contribution is -2.56. The van der Waals surface area contributed by atoms with E-state index in [9.17, 15) is 9.90 Å². The van der Waals surface area contributed by atoms with Gasteiger partial charge in [0.2, 0.25) is 0 Å². The quantitative estimate of drug-likeness (QED) is 0.871. The topological polar surface area (TPSA) is 66.6 Å². The van der Waals surface area contributed by atoms with E-state index in [1.54, 1.807) is 0 Å². The third-order valence-electron chi connectivity index (χ3n) is 4.56. The molecule has 0 aliphatic heterocycles. The molecule has 0 atom stereocenters. The molecule has 2 rings (SSSR count). The second kappa shape index (κ2) is 4.94. The molecular formula is C15H22N2O2. The van der Waals surface area contributed by atoms with Crippen LogP contribution in [0.4, 0.5) is 0 Å². The number of carbonyl (C=O) groups is 1. The van der Waals surface area contributed by atoms with Gasteiger partial charge in [-0.1, -0.05) is 30.3 Å². The molecule has 1 aromatic carbocycles. The molecule has 1 fully saturated rings. The molecule has 0 aromatic heterocycles. The third kappa shape index (κ3) is 2.38. The molecule has 0 amide bonds. The summed E-state index contributed by atoms with van der Waals surface area (Å²) in [5, 5.41) is 9.24. The van der Waals surface area contributed by atoms with Crippen molar-refractivity contribution >= 4 is 5.97 Å². The number of carboxylic acid groups (broad SMARTS) is 1. The van der Waals surface area contributed by atoms with Gasteiger partial charge in [-0.15, -0.1) is 0 Å².